The van der Waals surface area contributed by atoms with Gasteiger partial charge in [0.05, 0.1) is 0 Å². The lowest BCUT2D eigenvalue weighted by Crippen LogP contribution is -2.10. The van der Waals surface area contributed by atoms with Crippen molar-refractivity contribution in [3.63, 3.8) is 0 Å². The summed E-state index contributed by atoms with van der Waals surface area (Å²) in [7, 11) is 0. The lowest BCUT2D eigenvalue weighted by Gasteiger charge is -2.02. The second-order valence-corrected chi connectivity index (χ2v) is 3.18. The second kappa shape index (κ2) is 5.70. The van der Waals surface area contributed by atoms with E-state index in [0.29, 0.717) is 0 Å². The first-order valence-corrected chi connectivity index (χ1v) is 4.93. The van der Waals surface area contributed by atoms with E-state index in [-0.39, 0.29) is 5.75 Å². The van der Waals surface area contributed by atoms with E-state index in [9.17, 15) is 9.90 Å². The van der Waals surface area contributed by atoms with Crippen LogP contribution in [0.3, 0.4) is 0 Å². The van der Waals surface area contributed by atoms with Gasteiger partial charge in [0, 0.05) is 6.20 Å². The van der Waals surface area contributed by atoms with Gasteiger partial charge in [-0.2, -0.15) is 0 Å². The van der Waals surface area contributed by atoms with Crippen molar-refractivity contribution < 1.29 is 9.90 Å². The smallest absolute Gasteiger partial charge is 0.344 e. The molecule has 0 spiro atoms. The molecule has 0 saturated carbocycles. The van der Waals surface area contributed by atoms with Gasteiger partial charge in [0.1, 0.15) is 5.75 Å². The molecule has 0 aliphatic rings. The largest absolute Gasteiger partial charge is 0.508 e. The number of nitrogens with one attached hydrogen (secondary N) is 1. The van der Waals surface area contributed by atoms with Gasteiger partial charge in [-0.25, -0.2) is 9.79 Å². The highest BCUT2D eigenvalue weighted by atomic mass is 16.3. The maximum absolute atomic E-state index is 10.7. The van der Waals surface area contributed by atoms with Crippen LogP contribution in [0.1, 0.15) is 18.1 Å². The molecule has 4 heteroatoms. The van der Waals surface area contributed by atoms with E-state index < -0.39 is 6.03 Å². The predicted molar refractivity (Wildman–Crippen MR) is 64.6 cm³/mol. The molecule has 2 amide bonds. The number of nitrogens with zero attached hydrogens (tertiary/aromatic N) is 1. The van der Waals surface area contributed by atoms with E-state index in [1.165, 1.54) is 6.20 Å². The van der Waals surface area contributed by atoms with Gasteiger partial charge in [0.2, 0.25) is 0 Å². The third-order valence-electron chi connectivity index (χ3n) is 2.12. The summed E-state index contributed by atoms with van der Waals surface area (Å²) in [5, 5.41) is 12.0. The van der Waals surface area contributed by atoms with Crippen molar-refractivity contribution in [3.05, 3.63) is 35.5 Å². The summed E-state index contributed by atoms with van der Waals surface area (Å²) >= 11 is 0. The molecule has 0 saturated heterocycles. The first-order valence-electron chi connectivity index (χ1n) is 4.93. The third-order valence-corrected chi connectivity index (χ3v) is 2.12. The fourth-order valence-corrected chi connectivity index (χ4v) is 1.24. The minimum Gasteiger partial charge on any atom is -0.508 e. The molecule has 16 heavy (non-hydrogen) atoms. The van der Waals surface area contributed by atoms with Crippen molar-refractivity contribution >= 4 is 18.8 Å². The number of amides is 2. The molecule has 0 unspecified atom stereocenters. The molecule has 0 aliphatic heterocycles. The van der Waals surface area contributed by atoms with Crippen molar-refractivity contribution in [2.45, 2.75) is 13.3 Å². The van der Waals surface area contributed by atoms with Gasteiger partial charge in [-0.15, -0.1) is 0 Å². The molecule has 1 rings (SSSR count). The predicted octanol–water partition coefficient (Wildman–Crippen LogP) is 2.34. The zero-order chi connectivity index (χ0) is 12.0. The van der Waals surface area contributed by atoms with Crippen molar-refractivity contribution in [1.82, 2.24) is 5.32 Å². The number of aliphatic imine (C=N–C) groups is 1. The van der Waals surface area contributed by atoms with Crippen molar-refractivity contribution in [2.75, 3.05) is 0 Å². The molecular weight excluding hydrogens is 204 g/mol. The summed E-state index contributed by atoms with van der Waals surface area (Å²) in [6.07, 6.45) is 3.91. The zero-order valence-electron chi connectivity index (χ0n) is 9.10. The van der Waals surface area contributed by atoms with Crippen LogP contribution in [0.2, 0.25) is 0 Å². The average molecular weight is 218 g/mol. The number of aromatic hydroxyl groups is 1. The number of aryl methyl sites for hydroxylation is 1. The van der Waals surface area contributed by atoms with Gasteiger partial charge < -0.3 is 10.4 Å². The number of carbonyl (C=O) groups is 1. The Morgan fingerprint density at radius 3 is 2.94 bits per heavy atom. The Hall–Kier alpha value is -2.10. The standard InChI is InChI=1S/C12H14N2O2/c1-3-10-5-4-9(8-11(10)15)6-7-14-12(16)13-2/h4-8,15H,2-3H2,1H3,(H,14,16)/b7-6+. The van der Waals surface area contributed by atoms with Crippen molar-refractivity contribution in [3.8, 4) is 5.75 Å². The lowest BCUT2D eigenvalue weighted by molar-refractivity contribution is 0.252. The number of carbonyl (C=O) groups excluding carboxylic acids is 1. The van der Waals surface area contributed by atoms with Crippen LogP contribution < -0.4 is 5.32 Å². The molecule has 84 valence electrons. The maximum Gasteiger partial charge on any atom is 0.344 e. The molecule has 0 aromatic heterocycles. The van der Waals surface area contributed by atoms with Gasteiger partial charge in [-0.1, -0.05) is 19.1 Å². The van der Waals surface area contributed by atoms with E-state index in [1.807, 2.05) is 19.1 Å². The first-order chi connectivity index (χ1) is 7.67. The highest BCUT2D eigenvalue weighted by Crippen LogP contribution is 2.19. The van der Waals surface area contributed by atoms with Crippen LogP contribution in [0.25, 0.3) is 6.08 Å². The van der Waals surface area contributed by atoms with Crippen LogP contribution >= 0.6 is 0 Å². The number of rotatable bonds is 3. The van der Waals surface area contributed by atoms with Crippen molar-refractivity contribution in [1.29, 1.82) is 0 Å². The maximum atomic E-state index is 10.7. The highest BCUT2D eigenvalue weighted by molar-refractivity contribution is 5.80. The number of hydrogen-bond acceptors (Lipinski definition) is 2. The van der Waals surface area contributed by atoms with E-state index in [0.717, 1.165) is 17.5 Å². The Morgan fingerprint density at radius 2 is 2.38 bits per heavy atom. The lowest BCUT2D eigenvalue weighted by atomic mass is 10.1. The Bertz CT molecular complexity index is 425. The molecule has 0 fully saturated rings. The van der Waals surface area contributed by atoms with Crippen LogP contribution in [0.5, 0.6) is 5.75 Å². The summed E-state index contributed by atoms with van der Waals surface area (Å²) in [5.41, 5.74) is 1.70. The van der Waals surface area contributed by atoms with E-state index in [1.54, 1.807) is 12.1 Å². The molecule has 0 aliphatic carbocycles. The Balaban J connectivity index is 2.71. The number of phenols is 1. The minimum atomic E-state index is -0.509. The number of phenolic OH excluding ortho intramolecular Hbond substituents is 1. The summed E-state index contributed by atoms with van der Waals surface area (Å²) in [6.45, 7) is 5.06. The Kier molecular flexibility index (Phi) is 4.27. The van der Waals surface area contributed by atoms with Crippen LogP contribution in [-0.4, -0.2) is 17.9 Å². The quantitative estimate of drug-likeness (QED) is 0.765. The zero-order valence-corrected chi connectivity index (χ0v) is 9.10. The second-order valence-electron chi connectivity index (χ2n) is 3.18. The molecule has 0 radical (unpaired) electrons. The Labute approximate surface area is 94.3 Å². The van der Waals surface area contributed by atoms with E-state index in [4.69, 9.17) is 0 Å². The third kappa shape index (κ3) is 3.24. The Morgan fingerprint density at radius 1 is 1.62 bits per heavy atom. The molecule has 0 atom stereocenters. The van der Waals surface area contributed by atoms with Gasteiger partial charge >= 0.3 is 6.03 Å². The minimum absolute atomic E-state index is 0.262. The number of urea groups is 1. The van der Waals surface area contributed by atoms with Gasteiger partial charge in [0.25, 0.3) is 0 Å². The normalized spacial score (nSPS) is 10.3. The number of hydrogen-bond donors (Lipinski definition) is 2. The van der Waals surface area contributed by atoms with Gasteiger partial charge in [-0.05, 0) is 36.4 Å². The fourth-order valence-electron chi connectivity index (χ4n) is 1.24. The molecule has 2 N–H and O–H groups in total. The first kappa shape index (κ1) is 12.0. The topological polar surface area (TPSA) is 61.7 Å². The molecule has 1 aromatic rings. The summed E-state index contributed by atoms with van der Waals surface area (Å²) in [5.74, 6) is 0.262. The fraction of sp³-hybridized carbons (Fsp3) is 0.167. The SMILES string of the molecule is C=NC(=O)N/C=C/c1ccc(CC)c(O)c1. The van der Waals surface area contributed by atoms with Crippen LogP contribution in [0, 0.1) is 0 Å². The molecule has 1 aromatic carbocycles. The molecule has 0 heterocycles. The van der Waals surface area contributed by atoms with Crippen molar-refractivity contribution in [2.24, 2.45) is 4.99 Å². The van der Waals surface area contributed by atoms with Crippen LogP contribution in [0.15, 0.2) is 29.4 Å². The van der Waals surface area contributed by atoms with E-state index in [2.05, 4.69) is 17.0 Å². The summed E-state index contributed by atoms with van der Waals surface area (Å²) < 4.78 is 0. The average Bonchev–Trinajstić information content (AvgIpc) is 2.29. The van der Waals surface area contributed by atoms with E-state index >= 15 is 0 Å². The monoisotopic (exact) mass is 218 g/mol. The highest BCUT2D eigenvalue weighted by Gasteiger charge is 1.98. The summed E-state index contributed by atoms with van der Waals surface area (Å²) in [6, 6.07) is 4.85. The number of benzene rings is 1. The van der Waals surface area contributed by atoms with Crippen LogP contribution in [-0.2, 0) is 6.42 Å². The van der Waals surface area contributed by atoms with Gasteiger partial charge in [0.15, 0.2) is 0 Å². The summed E-state index contributed by atoms with van der Waals surface area (Å²) in [4.78, 5) is 13.9. The molecule has 0 bridgehead atoms. The molecular formula is C12H14N2O2. The van der Waals surface area contributed by atoms with Gasteiger partial charge in [-0.3, -0.25) is 0 Å². The van der Waals surface area contributed by atoms with Crippen LogP contribution in [0.4, 0.5) is 4.79 Å². The molecule has 4 nitrogen and oxygen atoms in total.